The number of hydrogen-bond acceptors (Lipinski definition) is 3. The monoisotopic (exact) mass is 996 g/mol. The molecule has 1 unspecified atom stereocenters. The molecule has 3 aromatic carbocycles. The van der Waals surface area contributed by atoms with Gasteiger partial charge < -0.3 is 14.0 Å². The third-order valence-electron chi connectivity index (χ3n) is 10.8. The molecular weight excluding hydrogens is 929 g/mol. The Hall–Kier alpha value is -2.07. The summed E-state index contributed by atoms with van der Waals surface area (Å²) >= 11 is -1.77. The number of halogens is 8. The predicted octanol–water partition coefficient (Wildman–Crippen LogP) is 14.3. The number of piperazine rings is 1. The number of para-hydroxylation sites is 3. The maximum absolute atomic E-state index is 10.7. The first kappa shape index (κ1) is 52.3. The number of benzene rings is 3. The fourth-order valence-electron chi connectivity index (χ4n) is 7.47. The molecule has 0 spiro atoms. The van der Waals surface area contributed by atoms with Crippen molar-refractivity contribution in [2.45, 2.75) is 112 Å². The minimum atomic E-state index is -10.7. The van der Waals surface area contributed by atoms with E-state index >= 15 is 0 Å². The van der Waals surface area contributed by atoms with Crippen molar-refractivity contribution in [1.82, 2.24) is 4.90 Å². The number of ether oxygens (including phenoxy) is 1. The van der Waals surface area contributed by atoms with Gasteiger partial charge in [0.1, 0.15) is 12.6 Å². The Kier molecular flexibility index (Phi) is 18.0. The minimum absolute atomic E-state index is 0.163. The number of likely N-dealkylation sites (N-methyl/N-ethyl adjacent to an activating group) is 1. The first-order chi connectivity index (χ1) is 27.5. The van der Waals surface area contributed by atoms with Gasteiger partial charge in [-0.15, -0.1) is 0 Å². The molecule has 3 aromatic rings. The molecule has 0 N–H and O–H groups in total. The zero-order valence-electron chi connectivity index (χ0n) is 37.3. The van der Waals surface area contributed by atoms with E-state index in [0.29, 0.717) is 29.7 Å². The van der Waals surface area contributed by atoms with Crippen LogP contribution in [0.1, 0.15) is 128 Å². The zero-order valence-corrected chi connectivity index (χ0v) is 41.4. The molecule has 2 aliphatic heterocycles. The molecule has 5 rings (SSSR count). The van der Waals surface area contributed by atoms with E-state index in [9.17, 15) is 25.2 Å². The van der Waals surface area contributed by atoms with Gasteiger partial charge in [0.15, 0.2) is 0 Å². The van der Waals surface area contributed by atoms with Crippen molar-refractivity contribution in [3.63, 3.8) is 0 Å². The molecule has 0 bridgehead atoms. The van der Waals surface area contributed by atoms with Crippen molar-refractivity contribution in [3.8, 4) is 5.75 Å². The molecular formula is C45H67Cl2F6N4OPRu. The van der Waals surface area contributed by atoms with E-state index in [1.54, 1.807) is 0 Å². The number of hydrogen-bond donors (Lipinski definition) is 0. The van der Waals surface area contributed by atoms with E-state index in [1.807, 2.05) is 42.7 Å². The van der Waals surface area contributed by atoms with E-state index in [4.69, 9.17) is 24.1 Å². The second kappa shape index (κ2) is 20.6. The van der Waals surface area contributed by atoms with Crippen LogP contribution in [0, 0.1) is 0 Å². The summed E-state index contributed by atoms with van der Waals surface area (Å²) in [6, 6.07) is 22.0. The van der Waals surface area contributed by atoms with Crippen LogP contribution in [0.25, 0.3) is 0 Å². The Morgan fingerprint density at radius 3 is 1.63 bits per heavy atom. The van der Waals surface area contributed by atoms with Gasteiger partial charge in [-0.25, -0.2) is 0 Å². The summed E-state index contributed by atoms with van der Waals surface area (Å²) < 4.78 is 70.5. The van der Waals surface area contributed by atoms with E-state index in [2.05, 4.69) is 126 Å². The van der Waals surface area contributed by atoms with Gasteiger partial charge in [0.2, 0.25) is 6.34 Å². The summed E-state index contributed by atoms with van der Waals surface area (Å²) in [4.78, 5) is 5.22. The second-order valence-corrected chi connectivity index (χ2v) is 25.2. The van der Waals surface area contributed by atoms with Crippen LogP contribution in [0.5, 0.6) is 5.75 Å². The third kappa shape index (κ3) is 16.9. The summed E-state index contributed by atoms with van der Waals surface area (Å²) in [6.45, 7) is 33.1. The van der Waals surface area contributed by atoms with Gasteiger partial charge in [-0.05, 0) is 30.6 Å². The molecule has 1 fully saturated rings. The quantitative estimate of drug-likeness (QED) is 0.0450. The van der Waals surface area contributed by atoms with Crippen LogP contribution in [0.4, 0.5) is 36.6 Å². The van der Waals surface area contributed by atoms with Crippen LogP contribution in [0.15, 0.2) is 60.7 Å². The van der Waals surface area contributed by atoms with Crippen molar-refractivity contribution in [3.05, 3.63) is 88.5 Å². The van der Waals surface area contributed by atoms with Gasteiger partial charge in [0.05, 0.1) is 26.7 Å². The molecule has 60 heavy (non-hydrogen) atoms. The summed E-state index contributed by atoms with van der Waals surface area (Å²) in [6.07, 6.45) is 4.17. The number of anilines is 1. The maximum atomic E-state index is 9.87. The fraction of sp³-hybridized carbons (Fsp3) is 0.556. The first-order valence-electron chi connectivity index (χ1n) is 20.8. The molecule has 5 nitrogen and oxygen atoms in total. The molecule has 1 atom stereocenters. The Labute approximate surface area is 369 Å². The van der Waals surface area contributed by atoms with Gasteiger partial charge in [-0.3, -0.25) is 4.90 Å². The van der Waals surface area contributed by atoms with Gasteiger partial charge >= 0.3 is 131 Å². The van der Waals surface area contributed by atoms with Crippen LogP contribution in [0.2, 0.25) is 0 Å². The van der Waals surface area contributed by atoms with E-state index in [1.165, 1.54) is 70.8 Å². The molecule has 0 aromatic heterocycles. The Balaban J connectivity index is 0.000000375. The fourth-order valence-corrected chi connectivity index (χ4v) is 9.27. The van der Waals surface area contributed by atoms with Crippen molar-refractivity contribution in [2.24, 2.45) is 0 Å². The summed E-state index contributed by atoms with van der Waals surface area (Å²) in [5.74, 6) is 2.70. The van der Waals surface area contributed by atoms with Crippen LogP contribution in [0.3, 0.4) is 0 Å². The summed E-state index contributed by atoms with van der Waals surface area (Å²) in [5, 5.41) is 0. The Bertz CT molecular complexity index is 1880. The number of rotatable bonds is 12. The molecule has 0 amide bonds. The molecule has 0 aliphatic carbocycles. The van der Waals surface area contributed by atoms with E-state index in [0.717, 1.165) is 24.4 Å². The summed E-state index contributed by atoms with van der Waals surface area (Å²) in [5.41, 5.74) is 9.52. The van der Waals surface area contributed by atoms with Crippen LogP contribution >= 0.6 is 27.2 Å². The Morgan fingerprint density at radius 1 is 0.767 bits per heavy atom. The summed E-state index contributed by atoms with van der Waals surface area (Å²) in [7, 11) is 3.40. The molecule has 15 heteroatoms. The zero-order chi connectivity index (χ0) is 45.4. The topological polar surface area (TPSA) is 18.7 Å². The number of nitrogens with zero attached hydrogens (tertiary/aromatic N) is 4. The SMILES string of the molecule is CC(C)Oc1ccccc1[CH]=[Ru]([Cl])[Cl].CC[N+]1(C)CCN(CC2CN(c3c(C(C)C)cccc3C(C)C)[C-]=[N+]2c2c(C(C)C)cccc2C(C)C)CC1.F[P-](F)(F)(F)(F)F. The standard InChI is InChI=1S/C35H55N4.C10H12O.2ClH.F6P.Ru/c1-11-39(10)20-18-36(19-21-39)22-29-23-37(34-30(25(2)3)14-12-15-31(34)26(4)5)24-38(29)35-32(27(6)7)16-13-17-33(35)28(8)9;1-8(2)11-10-7-5-4-6-9(10)3;;;1-7(2,3,4,5)6;/h12-17,25-29H,11,18-23H2,1-10H3;3-8H,1-2H3;2*1H;;/q+1;;;;-1;+2/p-2. The van der Waals surface area contributed by atoms with Gasteiger partial charge in [-0.1, -0.05) is 114 Å². The molecule has 1 saturated heterocycles. The van der Waals surface area contributed by atoms with Gasteiger partial charge in [0.25, 0.3) is 0 Å². The second-order valence-electron chi connectivity index (χ2n) is 17.6. The molecule has 0 radical (unpaired) electrons. The molecule has 342 valence electrons. The van der Waals surface area contributed by atoms with Gasteiger partial charge in [0, 0.05) is 31.0 Å². The average Bonchev–Trinajstić information content (AvgIpc) is 3.54. The number of quaternary nitrogens is 1. The van der Waals surface area contributed by atoms with E-state index < -0.39 is 21.3 Å². The van der Waals surface area contributed by atoms with Crippen LogP contribution < -0.4 is 9.64 Å². The van der Waals surface area contributed by atoms with E-state index in [-0.39, 0.29) is 6.10 Å². The predicted molar refractivity (Wildman–Crippen MR) is 241 cm³/mol. The molecule has 2 heterocycles. The first-order valence-corrected chi connectivity index (χ1v) is 28.3. The normalized spacial score (nSPS) is 18.4. The Morgan fingerprint density at radius 2 is 1.22 bits per heavy atom. The van der Waals surface area contributed by atoms with Gasteiger partial charge in [-0.2, -0.15) is 0 Å². The van der Waals surface area contributed by atoms with Crippen molar-refractivity contribution < 1.29 is 52.5 Å². The average molecular weight is 997 g/mol. The molecule has 2 aliphatic rings. The molecule has 0 saturated carbocycles. The van der Waals surface area contributed by atoms with Crippen molar-refractivity contribution in [1.29, 1.82) is 0 Å². The van der Waals surface area contributed by atoms with Crippen molar-refractivity contribution >= 4 is 49.5 Å². The third-order valence-corrected chi connectivity index (χ3v) is 12.6. The van der Waals surface area contributed by atoms with Crippen LogP contribution in [-0.4, -0.2) is 89.9 Å². The van der Waals surface area contributed by atoms with Crippen LogP contribution in [-0.2, 0) is 13.5 Å². The van der Waals surface area contributed by atoms with Crippen molar-refractivity contribution in [2.75, 3.05) is 57.8 Å².